The molecule has 0 radical (unpaired) electrons. The summed E-state index contributed by atoms with van der Waals surface area (Å²) in [7, 11) is 0. The predicted octanol–water partition coefficient (Wildman–Crippen LogP) is 4.54. The normalized spacial score (nSPS) is 21.2. The molecule has 7 heteroatoms. The molecule has 1 fully saturated rings. The van der Waals surface area contributed by atoms with E-state index in [4.69, 9.17) is 34.4 Å². The van der Waals surface area contributed by atoms with Gasteiger partial charge in [-0.2, -0.15) is 10.2 Å². The van der Waals surface area contributed by atoms with E-state index >= 15 is 0 Å². The highest BCUT2D eigenvalue weighted by Crippen LogP contribution is 2.38. The second-order valence-corrected chi connectivity index (χ2v) is 7.56. The number of amides is 1. The van der Waals surface area contributed by atoms with Crippen molar-refractivity contribution in [3.63, 3.8) is 0 Å². The van der Waals surface area contributed by atoms with Crippen LogP contribution < -0.4 is 5.32 Å². The van der Waals surface area contributed by atoms with Gasteiger partial charge in [0.05, 0.1) is 12.6 Å². The molecule has 1 aromatic rings. The summed E-state index contributed by atoms with van der Waals surface area (Å²) in [5, 5.41) is 12.4. The number of carbonyl (C=O) groups excluding carboxylic acids is 1. The number of hydrogen-bond acceptors (Lipinski definition) is 4. The Morgan fingerprint density at radius 3 is 2.88 bits per heavy atom. The predicted molar refractivity (Wildman–Crippen MR) is 101 cm³/mol. The molecule has 2 atom stereocenters. The average Bonchev–Trinajstić information content (AvgIpc) is 3.19. The molecule has 2 aliphatic heterocycles. The first-order valence-electron chi connectivity index (χ1n) is 8.72. The van der Waals surface area contributed by atoms with E-state index in [1.165, 1.54) is 0 Å². The monoisotopic (exact) mass is 393 g/mol. The third kappa shape index (κ3) is 4.76. The first-order chi connectivity index (χ1) is 12.5. The molecule has 2 aliphatic rings. The highest BCUT2D eigenvalue weighted by atomic mass is 35.5. The molecule has 0 bridgehead atoms. The van der Waals surface area contributed by atoms with Crippen molar-refractivity contribution in [1.29, 1.82) is 0 Å². The van der Waals surface area contributed by atoms with Crippen LogP contribution in [0, 0.1) is 18.3 Å². The van der Waals surface area contributed by atoms with Crippen LogP contribution in [0.4, 0.5) is 0 Å². The lowest BCUT2D eigenvalue weighted by Gasteiger charge is -2.25. The lowest BCUT2D eigenvalue weighted by atomic mass is 9.91. The van der Waals surface area contributed by atoms with Crippen LogP contribution in [0.1, 0.15) is 43.7 Å². The summed E-state index contributed by atoms with van der Waals surface area (Å²) in [6.45, 7) is 1.27. The summed E-state index contributed by atoms with van der Waals surface area (Å²) in [6, 6.07) is 5.08. The average molecular weight is 394 g/mol. The molecular formula is C19H21Cl2N3O2. The van der Waals surface area contributed by atoms with E-state index in [9.17, 15) is 4.79 Å². The van der Waals surface area contributed by atoms with E-state index in [0.29, 0.717) is 48.9 Å². The highest BCUT2D eigenvalue weighted by Gasteiger charge is 2.39. The van der Waals surface area contributed by atoms with Gasteiger partial charge < -0.3 is 10.1 Å². The van der Waals surface area contributed by atoms with Crippen molar-refractivity contribution in [2.75, 3.05) is 13.2 Å². The van der Waals surface area contributed by atoms with E-state index in [2.05, 4.69) is 21.5 Å². The van der Waals surface area contributed by atoms with Gasteiger partial charge in [0.2, 0.25) is 5.91 Å². The third-order valence-electron chi connectivity index (χ3n) is 4.85. The lowest BCUT2D eigenvalue weighted by Crippen LogP contribution is -2.34. The van der Waals surface area contributed by atoms with Gasteiger partial charge in [-0.25, -0.2) is 0 Å². The molecule has 1 saturated heterocycles. The molecule has 2 heterocycles. The Balaban J connectivity index is 1.65. The third-order valence-corrected chi connectivity index (χ3v) is 5.43. The van der Waals surface area contributed by atoms with Crippen molar-refractivity contribution >= 4 is 29.1 Å². The zero-order chi connectivity index (χ0) is 18.6. The first kappa shape index (κ1) is 19.2. The largest absolute Gasteiger partial charge is 0.381 e. The van der Waals surface area contributed by atoms with Gasteiger partial charge in [0.15, 0.2) is 5.66 Å². The van der Waals surface area contributed by atoms with Crippen LogP contribution in [-0.4, -0.2) is 24.8 Å². The molecule has 2 unspecified atom stereocenters. The Morgan fingerprint density at radius 1 is 1.42 bits per heavy atom. The van der Waals surface area contributed by atoms with Crippen LogP contribution in [0.15, 0.2) is 28.4 Å². The van der Waals surface area contributed by atoms with Crippen molar-refractivity contribution in [2.45, 2.75) is 43.8 Å². The molecule has 1 N–H and O–H groups in total. The topological polar surface area (TPSA) is 63.0 Å². The molecule has 5 nitrogen and oxygen atoms in total. The molecule has 0 aromatic heterocycles. The Bertz CT molecular complexity index is 733. The Labute approximate surface area is 163 Å². The second-order valence-electron chi connectivity index (χ2n) is 6.72. The van der Waals surface area contributed by atoms with Crippen molar-refractivity contribution in [2.24, 2.45) is 16.1 Å². The lowest BCUT2D eigenvalue weighted by molar-refractivity contribution is -0.122. The second kappa shape index (κ2) is 8.39. The van der Waals surface area contributed by atoms with Crippen molar-refractivity contribution < 1.29 is 9.53 Å². The van der Waals surface area contributed by atoms with Crippen LogP contribution in [0.25, 0.3) is 0 Å². The maximum atomic E-state index is 12.6. The van der Waals surface area contributed by atoms with Gasteiger partial charge in [0, 0.05) is 48.3 Å². The minimum Gasteiger partial charge on any atom is -0.381 e. The van der Waals surface area contributed by atoms with Crippen molar-refractivity contribution in [1.82, 2.24) is 5.32 Å². The Morgan fingerprint density at radius 2 is 2.23 bits per heavy atom. The van der Waals surface area contributed by atoms with E-state index < -0.39 is 5.66 Å². The summed E-state index contributed by atoms with van der Waals surface area (Å²) in [4.78, 5) is 12.6. The standard InChI is InChI=1S/C19H21Cl2N3O2/c1-2-3-8-19(23-24-19)9-6-17(25)22-18(13-7-10-26-12-13)15-11-14(20)4-5-16(15)21/h1,4-5,11,13,18H,3,6-10,12H2,(H,22,25). The van der Waals surface area contributed by atoms with E-state index in [1.807, 2.05) is 6.07 Å². The van der Waals surface area contributed by atoms with E-state index in [-0.39, 0.29) is 17.9 Å². The fraction of sp³-hybridized carbons (Fsp3) is 0.526. The number of hydrogen-bond donors (Lipinski definition) is 1. The van der Waals surface area contributed by atoms with Crippen LogP contribution >= 0.6 is 23.2 Å². The van der Waals surface area contributed by atoms with Gasteiger partial charge in [-0.1, -0.05) is 23.2 Å². The summed E-state index contributed by atoms with van der Waals surface area (Å²) < 4.78 is 5.50. The first-order valence-corrected chi connectivity index (χ1v) is 9.48. The molecule has 0 saturated carbocycles. The van der Waals surface area contributed by atoms with Gasteiger partial charge in [0.25, 0.3) is 0 Å². The smallest absolute Gasteiger partial charge is 0.220 e. The zero-order valence-corrected chi connectivity index (χ0v) is 15.9. The fourth-order valence-electron chi connectivity index (χ4n) is 3.25. The maximum absolute atomic E-state index is 12.6. The summed E-state index contributed by atoms with van der Waals surface area (Å²) in [5.41, 5.74) is 0.370. The molecule has 138 valence electrons. The highest BCUT2D eigenvalue weighted by molar-refractivity contribution is 6.33. The minimum atomic E-state index is -0.455. The fourth-order valence-corrected chi connectivity index (χ4v) is 3.66. The summed E-state index contributed by atoms with van der Waals surface area (Å²) >= 11 is 12.5. The number of ether oxygens (including phenoxy) is 1. The molecule has 1 amide bonds. The van der Waals surface area contributed by atoms with Crippen molar-refractivity contribution in [3.05, 3.63) is 33.8 Å². The van der Waals surface area contributed by atoms with Gasteiger partial charge in [-0.15, -0.1) is 12.3 Å². The number of benzene rings is 1. The SMILES string of the molecule is C#CCCC1(CCC(=O)NC(c2cc(Cl)ccc2Cl)C2CCOC2)N=N1. The Kier molecular flexibility index (Phi) is 6.18. The van der Waals surface area contributed by atoms with Crippen LogP contribution in [0.3, 0.4) is 0 Å². The maximum Gasteiger partial charge on any atom is 0.220 e. The number of terminal acetylenes is 1. The van der Waals surface area contributed by atoms with Crippen LogP contribution in [-0.2, 0) is 9.53 Å². The quantitative estimate of drug-likeness (QED) is 0.658. The van der Waals surface area contributed by atoms with Gasteiger partial charge in [-0.05, 0) is 30.2 Å². The summed E-state index contributed by atoms with van der Waals surface area (Å²) in [6.07, 6.45) is 8.36. The number of rotatable bonds is 8. The molecule has 1 aromatic carbocycles. The molecule has 0 spiro atoms. The van der Waals surface area contributed by atoms with Gasteiger partial charge >= 0.3 is 0 Å². The molecule has 3 rings (SSSR count). The van der Waals surface area contributed by atoms with Crippen LogP contribution in [0.2, 0.25) is 10.0 Å². The molecular weight excluding hydrogens is 373 g/mol. The van der Waals surface area contributed by atoms with Gasteiger partial charge in [0.1, 0.15) is 0 Å². The van der Waals surface area contributed by atoms with Gasteiger partial charge in [-0.3, -0.25) is 4.79 Å². The summed E-state index contributed by atoms with van der Waals surface area (Å²) in [5.74, 6) is 2.70. The minimum absolute atomic E-state index is 0.0599. The number of halogens is 2. The zero-order valence-electron chi connectivity index (χ0n) is 14.4. The van der Waals surface area contributed by atoms with Crippen LogP contribution in [0.5, 0.6) is 0 Å². The number of carbonyl (C=O) groups is 1. The van der Waals surface area contributed by atoms with E-state index in [1.54, 1.807) is 12.1 Å². The van der Waals surface area contributed by atoms with Crippen molar-refractivity contribution in [3.8, 4) is 12.3 Å². The number of nitrogens with zero attached hydrogens (tertiary/aromatic N) is 2. The van der Waals surface area contributed by atoms with E-state index in [0.717, 1.165) is 12.0 Å². The molecule has 26 heavy (non-hydrogen) atoms. The number of nitrogens with one attached hydrogen (secondary N) is 1. The Hall–Kier alpha value is -1.61. The molecule has 0 aliphatic carbocycles.